The van der Waals surface area contributed by atoms with E-state index in [4.69, 9.17) is 4.99 Å². The van der Waals surface area contributed by atoms with E-state index in [-0.39, 0.29) is 0 Å². The Kier molecular flexibility index (Phi) is 7.77. The maximum atomic E-state index is 5.60. The Balaban J connectivity index is 1.06. The summed E-state index contributed by atoms with van der Waals surface area (Å²) in [4.78, 5) is 5.60. The molecule has 2 nitrogen and oxygen atoms in total. The molecule has 2 aliphatic carbocycles. The molecule has 0 fully saturated rings. The second-order valence-corrected chi connectivity index (χ2v) is 16.2. The molecule has 0 saturated carbocycles. The number of allylic oxidation sites excluding steroid dienone is 2. The van der Waals surface area contributed by atoms with Crippen molar-refractivity contribution < 1.29 is 0 Å². The Morgan fingerprint density at radius 3 is 1.78 bits per heavy atom. The highest BCUT2D eigenvalue weighted by atomic mass is 15.0. The molecule has 0 saturated heterocycles. The first-order chi connectivity index (χ1) is 29.7. The fourth-order valence-electron chi connectivity index (χ4n) is 10.6. The summed E-state index contributed by atoms with van der Waals surface area (Å²) >= 11 is 0. The van der Waals surface area contributed by atoms with Crippen molar-refractivity contribution in [3.8, 4) is 27.9 Å². The Morgan fingerprint density at radius 1 is 0.467 bits per heavy atom. The number of hydrogen-bond donors (Lipinski definition) is 0. The molecule has 282 valence electrons. The molecule has 9 aromatic carbocycles. The van der Waals surface area contributed by atoms with Gasteiger partial charge in [0.05, 0.1) is 28.7 Å². The number of para-hydroxylation sites is 2. The predicted molar refractivity (Wildman–Crippen MR) is 251 cm³/mol. The summed E-state index contributed by atoms with van der Waals surface area (Å²) in [7, 11) is 0. The molecule has 1 atom stereocenters. The second-order valence-electron chi connectivity index (χ2n) is 16.2. The molecule has 12 rings (SSSR count). The standard InChI is InChI=1S/C58H40N2/c1-38-56(57(59-37-39-16-3-2-4-17-39)49-25-15-19-41-18-5-6-20-44(41)49)50-24-8-12-27-52(50)58(38)51-26-11-7-21-45(51)46-35-32-42(36-53(46)58)40-30-33-43(34-31-40)60-54-28-13-9-22-47(54)48-23-10-14-29-55(48)60/h2-36H,37H2,1H3. The topological polar surface area (TPSA) is 17.3 Å². The van der Waals surface area contributed by atoms with Crippen molar-refractivity contribution in [2.45, 2.75) is 18.9 Å². The highest BCUT2D eigenvalue weighted by Crippen LogP contribution is 2.62. The van der Waals surface area contributed by atoms with Crippen LogP contribution in [-0.2, 0) is 12.0 Å². The number of aliphatic imine (C=N–C) groups is 1. The van der Waals surface area contributed by atoms with Gasteiger partial charge in [0.25, 0.3) is 0 Å². The molecular formula is C58H40N2. The van der Waals surface area contributed by atoms with Crippen LogP contribution < -0.4 is 0 Å². The van der Waals surface area contributed by atoms with Gasteiger partial charge in [-0.05, 0) is 104 Å². The minimum absolute atomic E-state index is 0.491. The summed E-state index contributed by atoms with van der Waals surface area (Å²) in [5.41, 5.74) is 19.3. The third kappa shape index (κ3) is 4.98. The van der Waals surface area contributed by atoms with Crippen LogP contribution >= 0.6 is 0 Å². The van der Waals surface area contributed by atoms with Gasteiger partial charge in [0.2, 0.25) is 0 Å². The van der Waals surface area contributed by atoms with Crippen LogP contribution in [0.1, 0.15) is 40.3 Å². The van der Waals surface area contributed by atoms with Crippen molar-refractivity contribution in [1.29, 1.82) is 0 Å². The smallest absolute Gasteiger partial charge is 0.0735 e. The molecule has 1 aromatic heterocycles. The van der Waals surface area contributed by atoms with E-state index in [2.05, 4.69) is 224 Å². The number of fused-ring (bicyclic) bond motifs is 11. The summed E-state index contributed by atoms with van der Waals surface area (Å²) < 4.78 is 2.39. The quantitative estimate of drug-likeness (QED) is 0.150. The first-order valence-electron chi connectivity index (χ1n) is 20.9. The van der Waals surface area contributed by atoms with Gasteiger partial charge in [-0.3, -0.25) is 4.99 Å². The molecule has 1 unspecified atom stereocenters. The van der Waals surface area contributed by atoms with Gasteiger partial charge in [-0.2, -0.15) is 0 Å². The number of benzene rings is 9. The Hall–Kier alpha value is -7.55. The zero-order valence-electron chi connectivity index (χ0n) is 33.3. The average molecular weight is 765 g/mol. The van der Waals surface area contributed by atoms with Gasteiger partial charge in [0.15, 0.2) is 0 Å². The van der Waals surface area contributed by atoms with Crippen molar-refractivity contribution >= 4 is 43.9 Å². The lowest BCUT2D eigenvalue weighted by molar-refractivity contribution is 0.767. The normalized spacial score (nSPS) is 15.6. The number of aromatic nitrogens is 1. The van der Waals surface area contributed by atoms with Crippen LogP contribution in [0.2, 0.25) is 0 Å². The van der Waals surface area contributed by atoms with Gasteiger partial charge < -0.3 is 4.57 Å². The van der Waals surface area contributed by atoms with Crippen molar-refractivity contribution in [3.63, 3.8) is 0 Å². The monoisotopic (exact) mass is 764 g/mol. The lowest BCUT2D eigenvalue weighted by Gasteiger charge is -2.31. The molecule has 60 heavy (non-hydrogen) atoms. The van der Waals surface area contributed by atoms with Gasteiger partial charge in [-0.1, -0.05) is 182 Å². The average Bonchev–Trinajstić information content (AvgIpc) is 3.90. The van der Waals surface area contributed by atoms with E-state index in [0.717, 1.165) is 17.0 Å². The van der Waals surface area contributed by atoms with Crippen LogP contribution in [0.3, 0.4) is 0 Å². The van der Waals surface area contributed by atoms with E-state index in [9.17, 15) is 0 Å². The third-order valence-electron chi connectivity index (χ3n) is 13.2. The SMILES string of the molecule is CC1=C(C(=NCc2ccccc2)c2cccc3ccccc23)c2ccccc2C12c1ccccc1-c1ccc(-c3ccc(-n4c5ccccc5c5ccccc54)cc3)cc12. The molecule has 0 radical (unpaired) electrons. The highest BCUT2D eigenvalue weighted by Gasteiger charge is 2.52. The molecule has 0 amide bonds. The minimum Gasteiger partial charge on any atom is -0.309 e. The lowest BCUT2D eigenvalue weighted by Crippen LogP contribution is -2.26. The minimum atomic E-state index is -0.491. The predicted octanol–water partition coefficient (Wildman–Crippen LogP) is 14.4. The summed E-state index contributed by atoms with van der Waals surface area (Å²) in [5.74, 6) is 0. The van der Waals surface area contributed by atoms with Crippen LogP contribution in [0.25, 0.3) is 66.1 Å². The first kappa shape index (κ1) is 34.5. The van der Waals surface area contributed by atoms with Gasteiger partial charge >= 0.3 is 0 Å². The molecule has 10 aromatic rings. The Bertz CT molecular complexity index is 3340. The van der Waals surface area contributed by atoms with E-state index >= 15 is 0 Å². The van der Waals surface area contributed by atoms with Crippen LogP contribution in [0, 0.1) is 0 Å². The molecule has 1 spiro atoms. The largest absolute Gasteiger partial charge is 0.309 e. The molecule has 2 heteroatoms. The van der Waals surface area contributed by atoms with Crippen LogP contribution in [0.4, 0.5) is 0 Å². The number of rotatable bonds is 6. The second kappa shape index (κ2) is 13.5. The van der Waals surface area contributed by atoms with Gasteiger partial charge in [-0.15, -0.1) is 0 Å². The van der Waals surface area contributed by atoms with E-state index in [0.29, 0.717) is 6.54 Å². The third-order valence-corrected chi connectivity index (χ3v) is 13.2. The molecule has 0 aliphatic heterocycles. The number of nitrogens with zero attached hydrogens (tertiary/aromatic N) is 2. The summed E-state index contributed by atoms with van der Waals surface area (Å²) in [6.07, 6.45) is 0. The Morgan fingerprint density at radius 2 is 1.03 bits per heavy atom. The van der Waals surface area contributed by atoms with Gasteiger partial charge in [-0.25, -0.2) is 0 Å². The fourth-order valence-corrected chi connectivity index (χ4v) is 10.6. The van der Waals surface area contributed by atoms with E-state index in [1.807, 2.05) is 0 Å². The molecule has 1 heterocycles. The lowest BCUT2D eigenvalue weighted by atomic mass is 9.69. The molecule has 0 N–H and O–H groups in total. The van der Waals surface area contributed by atoms with Gasteiger partial charge in [0, 0.05) is 27.6 Å². The number of hydrogen-bond acceptors (Lipinski definition) is 1. The molecule has 2 aliphatic rings. The summed E-state index contributed by atoms with van der Waals surface area (Å²) in [5, 5.41) is 4.97. The van der Waals surface area contributed by atoms with Crippen LogP contribution in [0.15, 0.2) is 223 Å². The van der Waals surface area contributed by atoms with Crippen LogP contribution in [0.5, 0.6) is 0 Å². The van der Waals surface area contributed by atoms with Gasteiger partial charge in [0.1, 0.15) is 0 Å². The van der Waals surface area contributed by atoms with Crippen molar-refractivity contribution in [3.05, 3.63) is 251 Å². The highest BCUT2D eigenvalue weighted by molar-refractivity contribution is 6.37. The molecular weight excluding hydrogens is 725 g/mol. The summed E-state index contributed by atoms with van der Waals surface area (Å²) in [6.45, 7) is 2.96. The molecule has 0 bridgehead atoms. The van der Waals surface area contributed by atoms with E-state index in [1.54, 1.807) is 0 Å². The zero-order chi connectivity index (χ0) is 39.8. The van der Waals surface area contributed by atoms with E-state index in [1.165, 1.54) is 93.8 Å². The zero-order valence-corrected chi connectivity index (χ0v) is 33.3. The van der Waals surface area contributed by atoms with Crippen molar-refractivity contribution in [2.75, 3.05) is 0 Å². The van der Waals surface area contributed by atoms with E-state index < -0.39 is 5.41 Å². The summed E-state index contributed by atoms with van der Waals surface area (Å²) in [6, 6.07) is 77.9. The Labute approximate surface area is 350 Å². The fraction of sp³-hybridized carbons (Fsp3) is 0.0517. The first-order valence-corrected chi connectivity index (χ1v) is 20.9. The maximum Gasteiger partial charge on any atom is 0.0735 e. The van der Waals surface area contributed by atoms with Crippen molar-refractivity contribution in [2.24, 2.45) is 4.99 Å². The maximum absolute atomic E-state index is 5.60. The van der Waals surface area contributed by atoms with Crippen LogP contribution in [-0.4, -0.2) is 10.3 Å². The van der Waals surface area contributed by atoms with Crippen molar-refractivity contribution in [1.82, 2.24) is 4.57 Å².